The second-order valence-corrected chi connectivity index (χ2v) is 13.1. The molecule has 2 aliphatic rings. The van der Waals surface area contributed by atoms with Gasteiger partial charge in [0.1, 0.15) is 23.1 Å². The van der Waals surface area contributed by atoms with E-state index in [2.05, 4.69) is 41.1 Å². The number of alkyl halides is 6. The summed E-state index contributed by atoms with van der Waals surface area (Å²) in [6, 6.07) is 18.5. The minimum atomic E-state index is -4.71. The summed E-state index contributed by atoms with van der Waals surface area (Å²) in [6.45, 7) is 16.8. The quantitative estimate of drug-likeness (QED) is 0.0975. The number of phenols is 2. The normalized spacial score (nSPS) is 20.0. The molecule has 12 nitrogen and oxygen atoms in total. The largest absolute Gasteiger partial charge is 0.508 e. The monoisotopic (exact) mass is 776 g/mol. The molecule has 4 aromatic rings. The zero-order valence-corrected chi connectivity index (χ0v) is 29.3. The number of nitrogens with one attached hydrogen (secondary N) is 3. The molecule has 0 saturated carbocycles. The summed E-state index contributed by atoms with van der Waals surface area (Å²) in [6.07, 6.45) is -9.14. The Morgan fingerprint density at radius 1 is 0.786 bits per heavy atom. The molecule has 3 atom stereocenters. The fourth-order valence-corrected chi connectivity index (χ4v) is 5.76. The van der Waals surface area contributed by atoms with Crippen LogP contribution in [0.1, 0.15) is 55.0 Å². The van der Waals surface area contributed by atoms with Crippen LogP contribution in [0.15, 0.2) is 100 Å². The molecule has 56 heavy (non-hydrogen) atoms. The van der Waals surface area contributed by atoms with Crippen molar-refractivity contribution >= 4 is 40.3 Å². The maximum atomic E-state index is 13.1. The first-order valence-corrected chi connectivity index (χ1v) is 16.4. The minimum Gasteiger partial charge on any atom is -0.508 e. The number of phenolic OH excluding ortho intramolecular Hbond substituents is 2. The van der Waals surface area contributed by atoms with Crippen LogP contribution < -0.4 is 16.1 Å². The highest BCUT2D eigenvalue weighted by Gasteiger charge is 2.43. The Labute approximate surface area is 315 Å². The Morgan fingerprint density at radius 2 is 1.30 bits per heavy atom. The van der Waals surface area contributed by atoms with Crippen molar-refractivity contribution < 1.29 is 46.1 Å². The van der Waals surface area contributed by atoms with Gasteiger partial charge in [0.25, 0.3) is 11.8 Å². The third-order valence-electron chi connectivity index (χ3n) is 8.83. The van der Waals surface area contributed by atoms with Gasteiger partial charge >= 0.3 is 12.4 Å². The lowest BCUT2D eigenvalue weighted by molar-refractivity contribution is -0.137. The molecular weight excluding hydrogens is 746 g/mol. The van der Waals surface area contributed by atoms with E-state index >= 15 is 0 Å². The summed E-state index contributed by atoms with van der Waals surface area (Å²) >= 11 is 0. The van der Waals surface area contributed by atoms with Gasteiger partial charge in [-0.3, -0.25) is 15.0 Å². The average Bonchev–Trinajstić information content (AvgIpc) is 3.76. The molecule has 5 N–H and O–H groups in total. The number of nitrogens with zero attached hydrogens (tertiary/aromatic N) is 5. The number of amides is 2. The van der Waals surface area contributed by atoms with Gasteiger partial charge in [0.2, 0.25) is 0 Å². The Morgan fingerprint density at radius 3 is 1.82 bits per heavy atom. The molecule has 0 aromatic heterocycles. The highest BCUT2D eigenvalue weighted by Crippen LogP contribution is 2.42. The van der Waals surface area contributed by atoms with Crippen LogP contribution in [-0.4, -0.2) is 38.8 Å². The number of carbonyl (C=O) groups excluding carboxylic acids is 2. The lowest BCUT2D eigenvalue weighted by Gasteiger charge is -2.23. The van der Waals surface area contributed by atoms with Crippen molar-refractivity contribution in [3.8, 4) is 11.5 Å². The summed E-state index contributed by atoms with van der Waals surface area (Å²) in [5, 5.41) is 36.9. The van der Waals surface area contributed by atoms with Gasteiger partial charge in [-0.15, -0.1) is 0 Å². The fourth-order valence-electron chi connectivity index (χ4n) is 5.76. The van der Waals surface area contributed by atoms with Gasteiger partial charge in [-0.25, -0.2) is 9.69 Å². The van der Waals surface area contributed by atoms with Gasteiger partial charge in [-0.1, -0.05) is 42.5 Å². The van der Waals surface area contributed by atoms with Crippen molar-refractivity contribution in [2.45, 2.75) is 56.2 Å². The van der Waals surface area contributed by atoms with E-state index in [9.17, 15) is 46.1 Å². The second-order valence-electron chi connectivity index (χ2n) is 13.1. The number of hydrogen-bond acceptors (Lipinski definition) is 8. The number of anilines is 2. The molecular formula is C38H30F6N8O4. The number of aromatic hydroxyl groups is 2. The topological polar surface area (TPSA) is 156 Å². The molecule has 0 aliphatic carbocycles. The smallest absolute Gasteiger partial charge is 0.407 e. The predicted octanol–water partition coefficient (Wildman–Crippen LogP) is 9.31. The Bertz CT molecular complexity index is 2330. The van der Waals surface area contributed by atoms with Crippen LogP contribution in [0.5, 0.6) is 11.5 Å². The average molecular weight is 777 g/mol. The van der Waals surface area contributed by atoms with Gasteiger partial charge in [0.05, 0.1) is 30.0 Å². The molecule has 0 saturated heterocycles. The van der Waals surface area contributed by atoms with Gasteiger partial charge in [0.15, 0.2) is 16.9 Å². The van der Waals surface area contributed by atoms with E-state index in [1.807, 2.05) is 0 Å². The molecule has 0 radical (unpaired) electrons. The van der Waals surface area contributed by atoms with Crippen LogP contribution in [0.25, 0.3) is 9.69 Å². The standard InChI is InChI=1S/2C19H15F3N4O2/c2*1-18(10-15(25-26-18)12-5-3-4-6-16(12)27)17(28)24-11-7-8-14(23-2)13(9-11)19(20,21)22/h3-9,26-27H,10H2,1H3,(H,24,28);3-9,15,27H,10H2,1H3,(H,24,28). The number of para-hydroxylation sites is 2. The molecule has 0 spiro atoms. The summed E-state index contributed by atoms with van der Waals surface area (Å²) in [5.74, 6) is -1.18. The van der Waals surface area contributed by atoms with Crippen LogP contribution in [0.2, 0.25) is 0 Å². The number of azo groups is 1. The van der Waals surface area contributed by atoms with E-state index in [4.69, 9.17) is 13.1 Å². The number of hydrogen-bond donors (Lipinski definition) is 5. The van der Waals surface area contributed by atoms with E-state index in [-0.39, 0.29) is 35.7 Å². The summed E-state index contributed by atoms with van der Waals surface area (Å²) in [7, 11) is 0. The zero-order valence-electron chi connectivity index (χ0n) is 29.3. The van der Waals surface area contributed by atoms with Gasteiger partial charge in [-0.05, 0) is 56.3 Å². The van der Waals surface area contributed by atoms with Crippen LogP contribution in [0.4, 0.5) is 49.1 Å². The minimum absolute atomic E-state index is 0.0114. The van der Waals surface area contributed by atoms with Crippen molar-refractivity contribution in [2.24, 2.45) is 15.3 Å². The zero-order chi connectivity index (χ0) is 41.1. The summed E-state index contributed by atoms with van der Waals surface area (Å²) < 4.78 is 78.6. The maximum absolute atomic E-state index is 13.1. The Kier molecular flexibility index (Phi) is 11.1. The van der Waals surface area contributed by atoms with Crippen LogP contribution in [-0.2, 0) is 21.9 Å². The van der Waals surface area contributed by atoms with Crippen molar-refractivity contribution in [3.05, 3.63) is 130 Å². The van der Waals surface area contributed by atoms with Crippen molar-refractivity contribution in [1.29, 1.82) is 0 Å². The molecule has 3 unspecified atom stereocenters. The van der Waals surface area contributed by atoms with Crippen molar-refractivity contribution in [1.82, 2.24) is 5.43 Å². The van der Waals surface area contributed by atoms with E-state index in [0.29, 0.717) is 16.8 Å². The highest BCUT2D eigenvalue weighted by molar-refractivity contribution is 6.10. The molecule has 2 heterocycles. The van der Waals surface area contributed by atoms with E-state index < -0.39 is 63.8 Å². The molecule has 4 aromatic carbocycles. The number of carbonyl (C=O) groups is 2. The molecule has 0 fully saturated rings. The van der Waals surface area contributed by atoms with Crippen LogP contribution >= 0.6 is 0 Å². The third kappa shape index (κ3) is 8.71. The highest BCUT2D eigenvalue weighted by atomic mass is 19.4. The number of hydrazone groups is 1. The predicted molar refractivity (Wildman–Crippen MR) is 192 cm³/mol. The molecule has 288 valence electrons. The molecule has 0 bridgehead atoms. The number of rotatable bonds is 6. The Balaban J connectivity index is 0.000000214. The lowest BCUT2D eigenvalue weighted by atomic mass is 9.91. The van der Waals surface area contributed by atoms with Gasteiger partial charge < -0.3 is 20.8 Å². The van der Waals surface area contributed by atoms with Gasteiger partial charge in [0, 0.05) is 35.3 Å². The van der Waals surface area contributed by atoms with Gasteiger partial charge in [-0.2, -0.15) is 41.7 Å². The van der Waals surface area contributed by atoms with Crippen LogP contribution in [0.3, 0.4) is 0 Å². The Hall–Kier alpha value is -6.95. The second kappa shape index (κ2) is 15.4. The lowest BCUT2D eigenvalue weighted by Crippen LogP contribution is -2.47. The third-order valence-corrected chi connectivity index (χ3v) is 8.83. The van der Waals surface area contributed by atoms with Crippen LogP contribution in [0, 0.1) is 13.1 Å². The first-order chi connectivity index (χ1) is 26.3. The molecule has 6 rings (SSSR count). The maximum Gasteiger partial charge on any atom is 0.407 e. The molecule has 18 heteroatoms. The summed E-state index contributed by atoms with van der Waals surface area (Å²) in [4.78, 5) is 31.0. The molecule has 2 amide bonds. The van der Waals surface area contributed by atoms with Crippen molar-refractivity contribution in [2.75, 3.05) is 10.6 Å². The number of benzene rings is 4. The first kappa shape index (κ1) is 40.2. The fraction of sp³-hybridized carbons (Fsp3) is 0.237. The first-order valence-electron chi connectivity index (χ1n) is 16.4. The van der Waals surface area contributed by atoms with E-state index in [1.165, 1.54) is 31.2 Å². The van der Waals surface area contributed by atoms with Crippen molar-refractivity contribution in [3.63, 3.8) is 0 Å². The summed E-state index contributed by atoms with van der Waals surface area (Å²) in [5.41, 5.74) is -1.88. The van der Waals surface area contributed by atoms with E-state index in [0.717, 1.165) is 24.3 Å². The number of halogens is 6. The molecule has 2 aliphatic heterocycles. The SMILES string of the molecule is [C-]#[N+]c1ccc(NC(=O)C2(C)CC(c3ccccc3O)=NN2)cc1C(F)(F)F.[C-]#[N+]c1ccc(NC(=O)C2(C)CC(c3ccccc3O)N=N2)cc1C(F)(F)F. The van der Waals surface area contributed by atoms with E-state index in [1.54, 1.807) is 43.3 Å².